The Balaban J connectivity index is 2.39. The monoisotopic (exact) mass is 239 g/mol. The van der Waals surface area contributed by atoms with E-state index in [4.69, 9.17) is 0 Å². The minimum atomic E-state index is 0.478. The van der Waals surface area contributed by atoms with Crippen molar-refractivity contribution in [2.75, 3.05) is 0 Å². The van der Waals surface area contributed by atoms with Gasteiger partial charge in [-0.2, -0.15) is 0 Å². The molecule has 0 saturated heterocycles. The van der Waals surface area contributed by atoms with Crippen molar-refractivity contribution in [3.05, 3.63) is 41.2 Å². The number of nitrogens with zero attached hydrogens (tertiary/aromatic N) is 3. The van der Waals surface area contributed by atoms with Crippen molar-refractivity contribution in [3.63, 3.8) is 0 Å². The number of imidazole rings is 1. The Morgan fingerprint density at radius 1 is 1.11 bits per heavy atom. The van der Waals surface area contributed by atoms with Gasteiger partial charge >= 0.3 is 0 Å². The predicted octanol–water partition coefficient (Wildman–Crippen LogP) is 3.62. The molecule has 2 heterocycles. The van der Waals surface area contributed by atoms with Crippen LogP contribution in [0, 0.1) is 13.8 Å². The van der Waals surface area contributed by atoms with E-state index < -0.39 is 0 Å². The van der Waals surface area contributed by atoms with E-state index in [2.05, 4.69) is 60.4 Å². The minimum Gasteiger partial charge on any atom is -0.283 e. The van der Waals surface area contributed by atoms with Gasteiger partial charge in [-0.1, -0.05) is 13.8 Å². The number of hydrogen-bond acceptors (Lipinski definition) is 2. The van der Waals surface area contributed by atoms with Gasteiger partial charge in [-0.05, 0) is 48.6 Å². The summed E-state index contributed by atoms with van der Waals surface area (Å²) in [6.45, 7) is 8.61. The van der Waals surface area contributed by atoms with Gasteiger partial charge in [-0.3, -0.25) is 4.40 Å². The van der Waals surface area contributed by atoms with Gasteiger partial charge in [-0.25, -0.2) is 9.97 Å². The standard InChI is InChI=1S/C15H17N3/c1-9(2)12-7-16-15-17-13-5-10(3)11(4)6-14(13)18(15)8-12/h5-9H,1-4H3. The molecule has 0 spiro atoms. The molecule has 0 amide bonds. The molecule has 0 N–H and O–H groups in total. The average Bonchev–Trinajstić information content (AvgIpc) is 2.66. The molecule has 3 rings (SSSR count). The molecule has 0 aliphatic rings. The molecule has 0 aliphatic heterocycles. The van der Waals surface area contributed by atoms with E-state index in [0.29, 0.717) is 5.92 Å². The first kappa shape index (κ1) is 11.2. The highest BCUT2D eigenvalue weighted by molar-refractivity contribution is 5.81. The zero-order valence-electron chi connectivity index (χ0n) is 11.2. The fraction of sp³-hybridized carbons (Fsp3) is 0.333. The third-order valence-corrected chi connectivity index (χ3v) is 3.56. The van der Waals surface area contributed by atoms with Gasteiger partial charge in [0.05, 0.1) is 11.0 Å². The van der Waals surface area contributed by atoms with Crippen molar-refractivity contribution in [2.24, 2.45) is 0 Å². The Bertz CT molecular complexity index is 738. The summed E-state index contributed by atoms with van der Waals surface area (Å²) in [5, 5.41) is 0. The summed E-state index contributed by atoms with van der Waals surface area (Å²) in [5.74, 6) is 1.25. The van der Waals surface area contributed by atoms with Crippen LogP contribution in [0.15, 0.2) is 24.5 Å². The van der Waals surface area contributed by atoms with E-state index >= 15 is 0 Å². The second kappa shape index (κ2) is 3.80. The van der Waals surface area contributed by atoms with E-state index in [1.54, 1.807) is 0 Å². The topological polar surface area (TPSA) is 30.2 Å². The Hall–Kier alpha value is -1.90. The van der Waals surface area contributed by atoms with Gasteiger partial charge in [0.15, 0.2) is 0 Å². The highest BCUT2D eigenvalue weighted by Gasteiger charge is 2.09. The lowest BCUT2D eigenvalue weighted by Gasteiger charge is -2.05. The van der Waals surface area contributed by atoms with Gasteiger partial charge < -0.3 is 0 Å². The predicted molar refractivity (Wildman–Crippen MR) is 74.1 cm³/mol. The number of aromatic nitrogens is 3. The molecule has 0 fully saturated rings. The largest absolute Gasteiger partial charge is 0.283 e. The highest BCUT2D eigenvalue weighted by Crippen LogP contribution is 2.22. The van der Waals surface area contributed by atoms with E-state index in [1.807, 2.05) is 6.20 Å². The second-order valence-corrected chi connectivity index (χ2v) is 5.25. The SMILES string of the molecule is Cc1cc2nc3ncc(C(C)C)cn3c2cc1C. The molecule has 3 nitrogen and oxygen atoms in total. The zero-order chi connectivity index (χ0) is 12.9. The van der Waals surface area contributed by atoms with Crippen LogP contribution in [0.3, 0.4) is 0 Å². The lowest BCUT2D eigenvalue weighted by molar-refractivity contribution is 0.844. The lowest BCUT2D eigenvalue weighted by atomic mass is 10.1. The number of hydrogen-bond donors (Lipinski definition) is 0. The summed E-state index contributed by atoms with van der Waals surface area (Å²) in [7, 11) is 0. The summed E-state index contributed by atoms with van der Waals surface area (Å²) in [6, 6.07) is 4.32. The highest BCUT2D eigenvalue weighted by atomic mass is 15.1. The van der Waals surface area contributed by atoms with E-state index in [9.17, 15) is 0 Å². The van der Waals surface area contributed by atoms with Gasteiger partial charge in [0.25, 0.3) is 0 Å². The fourth-order valence-corrected chi connectivity index (χ4v) is 2.17. The van der Waals surface area contributed by atoms with Crippen LogP contribution in [0.1, 0.15) is 36.5 Å². The van der Waals surface area contributed by atoms with Crippen LogP contribution in [0.25, 0.3) is 16.8 Å². The molecule has 0 atom stereocenters. The van der Waals surface area contributed by atoms with Crippen molar-refractivity contribution >= 4 is 16.8 Å². The van der Waals surface area contributed by atoms with Crippen LogP contribution < -0.4 is 0 Å². The first-order valence-electron chi connectivity index (χ1n) is 6.31. The Morgan fingerprint density at radius 2 is 1.83 bits per heavy atom. The van der Waals surface area contributed by atoms with E-state index in [0.717, 1.165) is 16.8 Å². The van der Waals surface area contributed by atoms with Crippen LogP contribution in [0.2, 0.25) is 0 Å². The smallest absolute Gasteiger partial charge is 0.234 e. The molecule has 0 bridgehead atoms. The molecule has 0 saturated carbocycles. The van der Waals surface area contributed by atoms with Crippen LogP contribution >= 0.6 is 0 Å². The van der Waals surface area contributed by atoms with Gasteiger partial charge in [0, 0.05) is 12.4 Å². The molecule has 2 aromatic heterocycles. The van der Waals surface area contributed by atoms with Gasteiger partial charge in [0.2, 0.25) is 5.78 Å². The Kier molecular flexibility index (Phi) is 2.37. The summed E-state index contributed by atoms with van der Waals surface area (Å²) in [5.41, 5.74) is 5.96. The van der Waals surface area contributed by atoms with E-state index in [1.165, 1.54) is 16.7 Å². The normalized spacial score (nSPS) is 11.8. The Labute approximate surface area is 106 Å². The summed E-state index contributed by atoms with van der Waals surface area (Å²) in [6.07, 6.45) is 4.07. The first-order valence-corrected chi connectivity index (χ1v) is 6.31. The van der Waals surface area contributed by atoms with Crippen molar-refractivity contribution in [1.29, 1.82) is 0 Å². The first-order chi connectivity index (χ1) is 8.56. The fourth-order valence-electron chi connectivity index (χ4n) is 2.17. The van der Waals surface area contributed by atoms with Crippen LogP contribution in [0.4, 0.5) is 0 Å². The van der Waals surface area contributed by atoms with Crippen LogP contribution in [-0.2, 0) is 0 Å². The van der Waals surface area contributed by atoms with E-state index in [-0.39, 0.29) is 0 Å². The van der Waals surface area contributed by atoms with Gasteiger partial charge in [0.1, 0.15) is 0 Å². The second-order valence-electron chi connectivity index (χ2n) is 5.25. The molecule has 3 aromatic rings. The van der Waals surface area contributed by atoms with Gasteiger partial charge in [-0.15, -0.1) is 0 Å². The molecular weight excluding hydrogens is 222 g/mol. The molecular formula is C15H17N3. The molecule has 3 heteroatoms. The van der Waals surface area contributed by atoms with Crippen molar-refractivity contribution in [2.45, 2.75) is 33.6 Å². The molecule has 1 aromatic carbocycles. The number of aryl methyl sites for hydroxylation is 2. The maximum atomic E-state index is 4.57. The summed E-state index contributed by atoms with van der Waals surface area (Å²) >= 11 is 0. The lowest BCUT2D eigenvalue weighted by Crippen LogP contribution is -1.95. The molecule has 18 heavy (non-hydrogen) atoms. The van der Waals surface area contributed by atoms with Crippen LogP contribution in [-0.4, -0.2) is 14.4 Å². The maximum Gasteiger partial charge on any atom is 0.234 e. The zero-order valence-corrected chi connectivity index (χ0v) is 11.2. The van der Waals surface area contributed by atoms with Crippen molar-refractivity contribution in [3.8, 4) is 0 Å². The number of rotatable bonds is 1. The molecule has 92 valence electrons. The maximum absolute atomic E-state index is 4.57. The quantitative estimate of drug-likeness (QED) is 0.649. The van der Waals surface area contributed by atoms with Crippen molar-refractivity contribution in [1.82, 2.24) is 14.4 Å². The summed E-state index contributed by atoms with van der Waals surface area (Å²) < 4.78 is 2.09. The minimum absolute atomic E-state index is 0.478. The van der Waals surface area contributed by atoms with Crippen molar-refractivity contribution < 1.29 is 0 Å². The Morgan fingerprint density at radius 3 is 2.56 bits per heavy atom. The molecule has 0 unspecified atom stereocenters. The third kappa shape index (κ3) is 1.58. The molecule has 0 radical (unpaired) electrons. The number of benzene rings is 1. The van der Waals surface area contributed by atoms with Crippen LogP contribution in [0.5, 0.6) is 0 Å². The average molecular weight is 239 g/mol. The summed E-state index contributed by atoms with van der Waals surface area (Å²) in [4.78, 5) is 9.02. The third-order valence-electron chi connectivity index (χ3n) is 3.56. The molecule has 0 aliphatic carbocycles. The number of fused-ring (bicyclic) bond motifs is 3.